The molecule has 0 spiro atoms. The van der Waals surface area contributed by atoms with Crippen LogP contribution in [0, 0.1) is 34.2 Å². The monoisotopic (exact) mass is 445 g/mol. The number of amides is 1. The summed E-state index contributed by atoms with van der Waals surface area (Å²) in [5, 5.41) is 12.0. The van der Waals surface area contributed by atoms with Crippen molar-refractivity contribution in [1.82, 2.24) is 0 Å². The van der Waals surface area contributed by atoms with Gasteiger partial charge in [-0.05, 0) is 41.7 Å². The molecule has 0 aromatic heterocycles. The fourth-order valence-electron chi connectivity index (χ4n) is 3.71. The van der Waals surface area contributed by atoms with Gasteiger partial charge in [0.2, 0.25) is 5.91 Å². The number of anilines is 2. The number of ether oxygens (including phenoxy) is 1. The average molecular weight is 445 g/mol. The second kappa shape index (κ2) is 9.61. The first-order valence-electron chi connectivity index (χ1n) is 10.4. The van der Waals surface area contributed by atoms with Gasteiger partial charge in [0.1, 0.15) is 23.5 Å². The maximum Gasteiger partial charge on any atom is 0.225 e. The Morgan fingerprint density at radius 2 is 1.84 bits per heavy atom. The van der Waals surface area contributed by atoms with E-state index in [9.17, 15) is 23.2 Å². The van der Waals surface area contributed by atoms with Gasteiger partial charge < -0.3 is 15.0 Å². The molecule has 2 aromatic carbocycles. The molecule has 32 heavy (non-hydrogen) atoms. The third-order valence-electron chi connectivity index (χ3n) is 5.11. The predicted molar refractivity (Wildman–Crippen MR) is 116 cm³/mol. The van der Waals surface area contributed by atoms with Crippen LogP contribution in [-0.4, -0.2) is 25.6 Å². The molecule has 0 aliphatic carbocycles. The Hall–Kier alpha value is -3.05. The molecule has 1 N–H and O–H groups in total. The van der Waals surface area contributed by atoms with Crippen LogP contribution in [-0.2, 0) is 9.53 Å². The van der Waals surface area contributed by atoms with Crippen molar-refractivity contribution in [2.45, 2.75) is 39.7 Å². The van der Waals surface area contributed by atoms with E-state index in [1.807, 2.05) is 31.7 Å². The van der Waals surface area contributed by atoms with E-state index in [0.29, 0.717) is 30.8 Å². The van der Waals surface area contributed by atoms with E-state index in [-0.39, 0.29) is 35.6 Å². The highest BCUT2D eigenvalue weighted by atomic mass is 19.1. The highest BCUT2D eigenvalue weighted by Crippen LogP contribution is 2.31. The van der Waals surface area contributed by atoms with E-state index in [1.54, 1.807) is 0 Å². The summed E-state index contributed by atoms with van der Waals surface area (Å²) < 4.78 is 47.8. The number of nitriles is 1. The molecule has 1 aliphatic rings. The fourth-order valence-corrected chi connectivity index (χ4v) is 3.71. The average Bonchev–Trinajstić information content (AvgIpc) is 2.93. The molecular formula is C24H26F3N3O2. The van der Waals surface area contributed by atoms with Crippen LogP contribution in [0.4, 0.5) is 24.5 Å². The van der Waals surface area contributed by atoms with E-state index in [0.717, 1.165) is 6.07 Å². The minimum absolute atomic E-state index is 0.0242. The van der Waals surface area contributed by atoms with Gasteiger partial charge in [-0.1, -0.05) is 20.8 Å². The van der Waals surface area contributed by atoms with E-state index in [2.05, 4.69) is 5.32 Å². The number of halogens is 3. The maximum atomic E-state index is 14.9. The number of nitrogens with one attached hydrogen (secondary N) is 1. The first kappa shape index (κ1) is 23.6. The predicted octanol–water partition coefficient (Wildman–Crippen LogP) is 5.32. The molecule has 170 valence electrons. The van der Waals surface area contributed by atoms with Crippen LogP contribution >= 0.6 is 0 Å². The topological polar surface area (TPSA) is 65.4 Å². The largest absolute Gasteiger partial charge is 0.372 e. The van der Waals surface area contributed by atoms with Crippen LogP contribution in [0.15, 0.2) is 30.3 Å². The minimum atomic E-state index is -0.699. The summed E-state index contributed by atoms with van der Waals surface area (Å²) in [5.41, 5.74) is 0.495. The van der Waals surface area contributed by atoms with E-state index < -0.39 is 23.6 Å². The van der Waals surface area contributed by atoms with Gasteiger partial charge in [0.05, 0.1) is 24.0 Å². The second-order valence-corrected chi connectivity index (χ2v) is 9.09. The lowest BCUT2D eigenvalue weighted by Gasteiger charge is -2.23. The summed E-state index contributed by atoms with van der Waals surface area (Å²) in [6, 6.07) is 8.04. The van der Waals surface area contributed by atoms with E-state index in [1.165, 1.54) is 24.3 Å². The van der Waals surface area contributed by atoms with Crippen LogP contribution in [0.1, 0.15) is 50.8 Å². The molecule has 5 nitrogen and oxygen atoms in total. The molecule has 1 saturated heterocycles. The lowest BCUT2D eigenvalue weighted by Crippen LogP contribution is -2.26. The normalized spacial score (nSPS) is 16.9. The minimum Gasteiger partial charge on any atom is -0.372 e. The number of nitrogens with zero attached hydrogens (tertiary/aromatic N) is 2. The van der Waals surface area contributed by atoms with Crippen molar-refractivity contribution in [2.24, 2.45) is 5.41 Å². The molecule has 1 aliphatic heterocycles. The molecule has 1 heterocycles. The lowest BCUT2D eigenvalue weighted by molar-refractivity contribution is -0.117. The Morgan fingerprint density at radius 3 is 2.47 bits per heavy atom. The van der Waals surface area contributed by atoms with Crippen molar-refractivity contribution in [2.75, 3.05) is 29.9 Å². The number of hydrogen-bond donors (Lipinski definition) is 1. The van der Waals surface area contributed by atoms with Gasteiger partial charge in [0.25, 0.3) is 0 Å². The van der Waals surface area contributed by atoms with E-state index in [4.69, 9.17) is 4.74 Å². The van der Waals surface area contributed by atoms with Gasteiger partial charge in [-0.15, -0.1) is 0 Å². The molecule has 0 radical (unpaired) electrons. The van der Waals surface area contributed by atoms with Crippen molar-refractivity contribution in [1.29, 1.82) is 5.26 Å². The summed E-state index contributed by atoms with van der Waals surface area (Å²) in [6.45, 7) is 6.78. The quantitative estimate of drug-likeness (QED) is 0.692. The zero-order chi connectivity index (χ0) is 23.5. The van der Waals surface area contributed by atoms with Gasteiger partial charge >= 0.3 is 0 Å². The molecule has 1 atom stereocenters. The number of carbonyl (C=O) groups excluding carboxylic acids is 1. The van der Waals surface area contributed by atoms with Gasteiger partial charge in [-0.25, -0.2) is 13.2 Å². The molecule has 0 unspecified atom stereocenters. The van der Waals surface area contributed by atoms with Crippen molar-refractivity contribution in [3.05, 3.63) is 58.9 Å². The summed E-state index contributed by atoms with van der Waals surface area (Å²) in [6.07, 6.45) is 0.113. The third-order valence-corrected chi connectivity index (χ3v) is 5.11. The molecule has 8 heteroatoms. The summed E-state index contributed by atoms with van der Waals surface area (Å²) in [5.74, 6) is -2.41. The maximum absolute atomic E-state index is 14.9. The van der Waals surface area contributed by atoms with Crippen LogP contribution in [0.25, 0.3) is 0 Å². The highest BCUT2D eigenvalue weighted by Gasteiger charge is 2.23. The van der Waals surface area contributed by atoms with Crippen molar-refractivity contribution in [3.8, 4) is 6.07 Å². The SMILES string of the molecule is CC(C)(C)CC(=O)Nc1c(F)cc(N2CCO[C@H](c3cc(F)cc(F)c3)CC2)cc1C#N. The highest BCUT2D eigenvalue weighted by molar-refractivity contribution is 5.93. The zero-order valence-corrected chi connectivity index (χ0v) is 18.3. The molecule has 0 saturated carbocycles. The van der Waals surface area contributed by atoms with Gasteiger partial charge in [0.15, 0.2) is 0 Å². The van der Waals surface area contributed by atoms with Crippen molar-refractivity contribution in [3.63, 3.8) is 0 Å². The molecule has 2 aromatic rings. The van der Waals surface area contributed by atoms with Gasteiger partial charge in [-0.2, -0.15) is 5.26 Å². The smallest absolute Gasteiger partial charge is 0.225 e. The first-order valence-corrected chi connectivity index (χ1v) is 10.4. The molecular weight excluding hydrogens is 419 g/mol. The zero-order valence-electron chi connectivity index (χ0n) is 18.3. The second-order valence-electron chi connectivity index (χ2n) is 9.09. The Bertz CT molecular complexity index is 1020. The van der Waals surface area contributed by atoms with Crippen molar-refractivity contribution >= 4 is 17.3 Å². The van der Waals surface area contributed by atoms with Crippen LogP contribution < -0.4 is 10.2 Å². The Labute approximate surface area is 185 Å². The Morgan fingerprint density at radius 1 is 1.16 bits per heavy atom. The van der Waals surface area contributed by atoms with Crippen molar-refractivity contribution < 1.29 is 22.7 Å². The van der Waals surface area contributed by atoms with Crippen LogP contribution in [0.5, 0.6) is 0 Å². The Kier molecular flexibility index (Phi) is 7.09. The van der Waals surface area contributed by atoms with Crippen LogP contribution in [0.2, 0.25) is 0 Å². The standard InChI is InChI=1S/C24H26F3N3O2/c1-24(2,3)13-22(31)29-23-16(14-28)10-19(12-20(23)27)30-5-4-21(32-7-6-30)15-8-17(25)11-18(26)9-15/h8-12,21H,4-7,13H2,1-3H3,(H,29,31)/t21-/m0/s1. The third kappa shape index (κ3) is 6.01. The number of carbonyl (C=O) groups is 1. The molecule has 1 amide bonds. The van der Waals surface area contributed by atoms with Gasteiger partial charge in [0, 0.05) is 31.3 Å². The molecule has 0 bridgehead atoms. The molecule has 1 fully saturated rings. The summed E-state index contributed by atoms with van der Waals surface area (Å²) in [7, 11) is 0. The number of benzene rings is 2. The lowest BCUT2D eigenvalue weighted by atomic mass is 9.92. The number of hydrogen-bond acceptors (Lipinski definition) is 4. The first-order chi connectivity index (χ1) is 15.1. The summed E-state index contributed by atoms with van der Waals surface area (Å²) >= 11 is 0. The molecule has 3 rings (SSSR count). The fraction of sp³-hybridized carbons (Fsp3) is 0.417. The number of rotatable bonds is 4. The van der Waals surface area contributed by atoms with Gasteiger partial charge in [-0.3, -0.25) is 4.79 Å². The van der Waals surface area contributed by atoms with Crippen LogP contribution in [0.3, 0.4) is 0 Å². The van der Waals surface area contributed by atoms with E-state index >= 15 is 0 Å². The Balaban J connectivity index is 1.77. The summed E-state index contributed by atoms with van der Waals surface area (Å²) in [4.78, 5) is 14.1.